The lowest BCUT2D eigenvalue weighted by Crippen LogP contribution is -2.27. The lowest BCUT2D eigenvalue weighted by molar-refractivity contribution is 0.0181. The van der Waals surface area contributed by atoms with Crippen LogP contribution in [0.2, 0.25) is 0 Å². The van der Waals surface area contributed by atoms with Gasteiger partial charge in [-0.15, -0.1) is 0 Å². The monoisotopic (exact) mass is 701 g/mol. The van der Waals surface area contributed by atoms with E-state index in [1.54, 1.807) is 44.4 Å². The van der Waals surface area contributed by atoms with Crippen LogP contribution < -0.4 is 10.1 Å². The molecule has 1 unspecified atom stereocenters. The minimum atomic E-state index is -3.18. The maximum Gasteiger partial charge on any atom is 0.154 e. The van der Waals surface area contributed by atoms with Gasteiger partial charge in [0.25, 0.3) is 0 Å². The van der Waals surface area contributed by atoms with E-state index in [1.807, 2.05) is 18.2 Å². The Kier molecular flexibility index (Phi) is 10.4. The zero-order chi connectivity index (χ0) is 32.0. The Hall–Kier alpha value is -3.61. The zero-order valence-corrected chi connectivity index (χ0v) is 27.3. The van der Waals surface area contributed by atoms with Crippen molar-refractivity contribution >= 4 is 48.2 Å². The van der Waals surface area contributed by atoms with Gasteiger partial charge >= 0.3 is 0 Å². The lowest BCUT2D eigenvalue weighted by Gasteiger charge is -2.30. The molecule has 0 saturated heterocycles. The number of anilines is 2. The van der Waals surface area contributed by atoms with E-state index in [0.717, 1.165) is 0 Å². The zero-order valence-electron chi connectivity index (χ0n) is 24.9. The van der Waals surface area contributed by atoms with E-state index in [1.165, 1.54) is 24.5 Å². The first-order valence-corrected chi connectivity index (χ1v) is 17.1. The Balaban J connectivity index is 1.30. The van der Waals surface area contributed by atoms with Gasteiger partial charge in [0.05, 0.1) is 33.9 Å². The number of ether oxygens (including phenoxy) is 3. The smallest absolute Gasteiger partial charge is 0.154 e. The lowest BCUT2D eigenvalue weighted by atomic mass is 9.85. The molecule has 0 amide bonds. The van der Waals surface area contributed by atoms with E-state index in [4.69, 9.17) is 14.2 Å². The summed E-state index contributed by atoms with van der Waals surface area (Å²) in [6, 6.07) is 14.8. The number of hydrogen-bond donors (Lipinski definition) is 1. The van der Waals surface area contributed by atoms with Gasteiger partial charge in [0.1, 0.15) is 41.7 Å². The first kappa shape index (κ1) is 32.8. The van der Waals surface area contributed by atoms with Crippen LogP contribution in [0, 0.1) is 11.6 Å². The molecule has 45 heavy (non-hydrogen) atoms. The van der Waals surface area contributed by atoms with Crippen molar-refractivity contribution < 1.29 is 31.4 Å². The van der Waals surface area contributed by atoms with Crippen molar-refractivity contribution in [3.05, 3.63) is 100 Å². The van der Waals surface area contributed by atoms with Crippen molar-refractivity contribution in [3.8, 4) is 5.75 Å². The highest BCUT2D eigenvalue weighted by Crippen LogP contribution is 2.42. The Bertz CT molecular complexity index is 1790. The molecule has 238 valence electrons. The SMILES string of the molecule is CC(C)S(=O)(=O)CCOCCCC1(c2cc3c(Nc4ccc(OCc5cccc(F)c5)c(Br)c4)ncnc3cc2F)CC=CO1. The first-order valence-electron chi connectivity index (χ1n) is 14.6. The fourth-order valence-corrected chi connectivity index (χ4v) is 6.37. The number of sulfone groups is 1. The van der Waals surface area contributed by atoms with Gasteiger partial charge in [-0.25, -0.2) is 27.2 Å². The van der Waals surface area contributed by atoms with Crippen molar-refractivity contribution in [2.45, 2.75) is 50.6 Å². The molecule has 2 heterocycles. The molecule has 1 N–H and O–H groups in total. The molecule has 0 radical (unpaired) electrons. The molecule has 0 bridgehead atoms. The first-order chi connectivity index (χ1) is 21.6. The van der Waals surface area contributed by atoms with Crippen LogP contribution in [0.5, 0.6) is 5.75 Å². The highest BCUT2D eigenvalue weighted by Gasteiger charge is 2.38. The van der Waals surface area contributed by atoms with E-state index >= 15 is 4.39 Å². The van der Waals surface area contributed by atoms with Gasteiger partial charge in [-0.3, -0.25) is 0 Å². The summed E-state index contributed by atoms with van der Waals surface area (Å²) in [6.45, 7) is 3.94. The molecule has 0 spiro atoms. The van der Waals surface area contributed by atoms with Crippen molar-refractivity contribution in [2.75, 3.05) is 24.3 Å². The number of nitrogens with zero attached hydrogens (tertiary/aromatic N) is 2. The molecule has 0 saturated carbocycles. The van der Waals surface area contributed by atoms with Crippen LogP contribution in [0.3, 0.4) is 0 Å². The molecule has 1 aliphatic heterocycles. The molecule has 5 rings (SSSR count). The van der Waals surface area contributed by atoms with Crippen LogP contribution in [0.1, 0.15) is 44.2 Å². The average molecular weight is 703 g/mol. The standard InChI is InChI=1S/C33H34BrF2N3O5S/c1-22(2)45(40,41)15-14-42-12-4-10-33(11-5-13-44-33)27-18-26-30(19-29(27)36)37-21-38-32(26)39-25-8-9-31(28(34)17-25)43-20-23-6-3-7-24(35)16-23/h3,5-9,13,16-19,21-22H,4,10-12,14-15,20H2,1-2H3,(H,37,38,39). The maximum absolute atomic E-state index is 15.6. The van der Waals surface area contributed by atoms with Crippen LogP contribution >= 0.6 is 15.9 Å². The fraction of sp³-hybridized carbons (Fsp3) is 0.333. The maximum atomic E-state index is 15.6. The third-order valence-corrected chi connectivity index (χ3v) is 10.4. The molecular formula is C33H34BrF2N3O5S. The third-order valence-electron chi connectivity index (χ3n) is 7.63. The summed E-state index contributed by atoms with van der Waals surface area (Å²) in [5.74, 6) is 0.266. The Labute approximate surface area is 269 Å². The van der Waals surface area contributed by atoms with Gasteiger partial charge < -0.3 is 19.5 Å². The molecule has 1 aromatic heterocycles. The van der Waals surface area contributed by atoms with Gasteiger partial charge in [-0.1, -0.05) is 12.1 Å². The van der Waals surface area contributed by atoms with Gasteiger partial charge in [-0.2, -0.15) is 0 Å². The highest BCUT2D eigenvalue weighted by molar-refractivity contribution is 9.10. The second-order valence-electron chi connectivity index (χ2n) is 11.1. The molecule has 4 aromatic rings. The van der Waals surface area contributed by atoms with Crippen molar-refractivity contribution in [2.24, 2.45) is 0 Å². The largest absolute Gasteiger partial charge is 0.490 e. The topological polar surface area (TPSA) is 99.6 Å². The van der Waals surface area contributed by atoms with E-state index in [2.05, 4.69) is 31.2 Å². The second-order valence-corrected chi connectivity index (χ2v) is 14.6. The summed E-state index contributed by atoms with van der Waals surface area (Å²) in [6.07, 6.45) is 6.28. The predicted octanol–water partition coefficient (Wildman–Crippen LogP) is 7.74. The summed E-state index contributed by atoms with van der Waals surface area (Å²) in [4.78, 5) is 8.72. The van der Waals surface area contributed by atoms with E-state index in [0.29, 0.717) is 69.6 Å². The van der Waals surface area contributed by atoms with Crippen molar-refractivity contribution in [1.29, 1.82) is 0 Å². The predicted molar refractivity (Wildman–Crippen MR) is 173 cm³/mol. The summed E-state index contributed by atoms with van der Waals surface area (Å²) < 4.78 is 71.3. The summed E-state index contributed by atoms with van der Waals surface area (Å²) in [7, 11) is -3.18. The van der Waals surface area contributed by atoms with Crippen molar-refractivity contribution in [1.82, 2.24) is 9.97 Å². The van der Waals surface area contributed by atoms with Crippen LogP contribution in [-0.4, -0.2) is 42.6 Å². The van der Waals surface area contributed by atoms with Crippen molar-refractivity contribution in [3.63, 3.8) is 0 Å². The molecule has 12 heteroatoms. The van der Waals surface area contributed by atoms with E-state index < -0.39 is 26.5 Å². The second kappa shape index (κ2) is 14.2. The molecule has 0 fully saturated rings. The number of benzene rings is 3. The fourth-order valence-electron chi connectivity index (χ4n) is 5.05. The average Bonchev–Trinajstić information content (AvgIpc) is 3.48. The minimum absolute atomic E-state index is 0.0375. The number of hydrogen-bond acceptors (Lipinski definition) is 8. The Morgan fingerprint density at radius 3 is 2.67 bits per heavy atom. The van der Waals surface area contributed by atoms with Gasteiger partial charge in [0.15, 0.2) is 9.84 Å². The number of fused-ring (bicyclic) bond motifs is 1. The summed E-state index contributed by atoms with van der Waals surface area (Å²) >= 11 is 3.54. The van der Waals surface area contributed by atoms with Crippen LogP contribution in [0.25, 0.3) is 10.9 Å². The van der Waals surface area contributed by atoms with Crippen LogP contribution in [-0.2, 0) is 31.5 Å². The minimum Gasteiger partial charge on any atom is -0.490 e. The van der Waals surface area contributed by atoms with Gasteiger partial charge in [-0.05, 0) is 90.7 Å². The van der Waals surface area contributed by atoms with Gasteiger partial charge in [0, 0.05) is 35.7 Å². The third kappa shape index (κ3) is 7.98. The van der Waals surface area contributed by atoms with Crippen LogP contribution in [0.4, 0.5) is 20.3 Å². The molecule has 1 aliphatic rings. The Morgan fingerprint density at radius 1 is 1.09 bits per heavy atom. The number of halogens is 3. The van der Waals surface area contributed by atoms with Gasteiger partial charge in [0.2, 0.25) is 0 Å². The van der Waals surface area contributed by atoms with Crippen LogP contribution in [0.15, 0.2) is 77.7 Å². The molecular weight excluding hydrogens is 668 g/mol. The quantitative estimate of drug-likeness (QED) is 0.133. The molecule has 3 aromatic carbocycles. The number of nitrogens with one attached hydrogen (secondary N) is 1. The normalized spacial score (nSPS) is 16.3. The highest BCUT2D eigenvalue weighted by atomic mass is 79.9. The Morgan fingerprint density at radius 2 is 1.93 bits per heavy atom. The van der Waals surface area contributed by atoms with E-state index in [9.17, 15) is 12.8 Å². The number of aromatic nitrogens is 2. The summed E-state index contributed by atoms with van der Waals surface area (Å²) in [5.41, 5.74) is 1.28. The molecule has 8 nitrogen and oxygen atoms in total. The summed E-state index contributed by atoms with van der Waals surface area (Å²) in [5, 5.41) is 3.46. The molecule has 1 atom stereocenters. The van der Waals surface area contributed by atoms with E-state index in [-0.39, 0.29) is 24.8 Å². The number of rotatable bonds is 14. The molecule has 0 aliphatic carbocycles.